The van der Waals surface area contributed by atoms with Crippen molar-refractivity contribution in [3.05, 3.63) is 72.3 Å². The van der Waals surface area contributed by atoms with Crippen LogP contribution in [0.1, 0.15) is 31.1 Å². The van der Waals surface area contributed by atoms with Gasteiger partial charge in [0, 0.05) is 6.92 Å². The number of ether oxygens (including phenoxy) is 3. The molecule has 25 heavy (non-hydrogen) atoms. The first-order valence-electron chi connectivity index (χ1n) is 8.05. The van der Waals surface area contributed by atoms with Gasteiger partial charge in [-0.3, -0.25) is 4.79 Å². The summed E-state index contributed by atoms with van der Waals surface area (Å²) in [6.07, 6.45) is 2.56. The largest absolute Gasteiger partial charge is 0.493 e. The number of hydrogen-bond donors (Lipinski definition) is 0. The third kappa shape index (κ3) is 7.12. The lowest BCUT2D eigenvalue weighted by Crippen LogP contribution is -2.04. The summed E-state index contributed by atoms with van der Waals surface area (Å²) in [4.78, 5) is 10.6. The molecule has 0 N–H and O–H groups in total. The average Bonchev–Trinajstić information content (AvgIpc) is 2.62. The molecule has 0 fully saturated rings. The van der Waals surface area contributed by atoms with E-state index in [9.17, 15) is 4.79 Å². The zero-order valence-electron chi connectivity index (χ0n) is 15.3. The Balaban J connectivity index is 0.000000251. The van der Waals surface area contributed by atoms with Gasteiger partial charge in [-0.25, -0.2) is 0 Å². The maximum absolute atomic E-state index is 10.6. The van der Waals surface area contributed by atoms with Crippen molar-refractivity contribution in [1.82, 2.24) is 0 Å². The predicted octanol–water partition coefficient (Wildman–Crippen LogP) is 4.74. The number of benzene rings is 2. The maximum Gasteiger partial charge on any atom is 0.303 e. The van der Waals surface area contributed by atoms with Crippen molar-refractivity contribution in [2.45, 2.75) is 26.4 Å². The number of hydrogen-bond acceptors (Lipinski definition) is 4. The van der Waals surface area contributed by atoms with Crippen molar-refractivity contribution in [2.24, 2.45) is 0 Å². The van der Waals surface area contributed by atoms with E-state index in [4.69, 9.17) is 14.2 Å². The van der Waals surface area contributed by atoms with Gasteiger partial charge in [-0.15, -0.1) is 6.58 Å². The molecule has 2 rings (SSSR count). The Hall–Kier alpha value is -2.75. The summed E-state index contributed by atoms with van der Waals surface area (Å²) in [7, 11) is 3.26. The smallest absolute Gasteiger partial charge is 0.303 e. The van der Waals surface area contributed by atoms with Crippen LogP contribution < -0.4 is 9.47 Å². The lowest BCUT2D eigenvalue weighted by Gasteiger charge is -2.11. The molecule has 4 nitrogen and oxygen atoms in total. The van der Waals surface area contributed by atoms with Crippen molar-refractivity contribution in [3.8, 4) is 11.5 Å². The molecule has 0 bridgehead atoms. The third-order valence-corrected chi connectivity index (χ3v) is 3.44. The van der Waals surface area contributed by atoms with Gasteiger partial charge in [0.25, 0.3) is 0 Å². The maximum atomic E-state index is 10.6. The standard InChI is InChI=1S/C11H14O2.C10H12O2/c1-4-5-9-6-7-10(12-2)11(8-9)13-3;1-8(12-9(2)11)10-6-4-3-5-7-10/h4,6-8H,1,5H2,2-3H3;3-8H,1-2H3. The van der Waals surface area contributed by atoms with E-state index in [1.807, 2.05) is 61.5 Å². The minimum atomic E-state index is -0.244. The fourth-order valence-corrected chi connectivity index (χ4v) is 2.22. The van der Waals surface area contributed by atoms with Gasteiger partial charge in [-0.2, -0.15) is 0 Å². The van der Waals surface area contributed by atoms with E-state index in [2.05, 4.69) is 6.58 Å². The SMILES string of the molecule is C=CCc1ccc(OC)c(OC)c1.CC(=O)OC(C)c1ccccc1. The van der Waals surface area contributed by atoms with E-state index in [1.165, 1.54) is 12.5 Å². The quantitative estimate of drug-likeness (QED) is 0.562. The minimum Gasteiger partial charge on any atom is -0.493 e. The molecular formula is C21H26O4. The van der Waals surface area contributed by atoms with Crippen molar-refractivity contribution in [1.29, 1.82) is 0 Å². The lowest BCUT2D eigenvalue weighted by atomic mass is 10.1. The van der Waals surface area contributed by atoms with Crippen molar-refractivity contribution < 1.29 is 19.0 Å². The molecule has 0 amide bonds. The Kier molecular flexibility index (Phi) is 8.86. The lowest BCUT2D eigenvalue weighted by molar-refractivity contribution is -0.145. The minimum absolute atomic E-state index is 0.149. The van der Waals surface area contributed by atoms with Gasteiger partial charge in [0.1, 0.15) is 6.10 Å². The zero-order valence-corrected chi connectivity index (χ0v) is 15.3. The molecular weight excluding hydrogens is 316 g/mol. The molecule has 0 heterocycles. The van der Waals surface area contributed by atoms with Gasteiger partial charge in [0.05, 0.1) is 14.2 Å². The summed E-state index contributed by atoms with van der Waals surface area (Å²) in [6, 6.07) is 15.5. The number of carbonyl (C=O) groups is 1. The molecule has 0 radical (unpaired) electrons. The van der Waals surface area contributed by atoms with E-state index in [0.717, 1.165) is 23.5 Å². The highest BCUT2D eigenvalue weighted by atomic mass is 16.5. The molecule has 0 aliphatic carbocycles. The van der Waals surface area contributed by atoms with E-state index in [-0.39, 0.29) is 12.1 Å². The van der Waals surface area contributed by atoms with Crippen LogP contribution in [0, 0.1) is 0 Å². The van der Waals surface area contributed by atoms with Gasteiger partial charge in [0.2, 0.25) is 0 Å². The van der Waals surface area contributed by atoms with Crippen LogP contribution in [-0.4, -0.2) is 20.2 Å². The second-order valence-electron chi connectivity index (χ2n) is 5.34. The van der Waals surface area contributed by atoms with Crippen LogP contribution in [0.15, 0.2) is 61.2 Å². The van der Waals surface area contributed by atoms with Gasteiger partial charge in [-0.05, 0) is 36.6 Å². The molecule has 0 saturated carbocycles. The Morgan fingerprint density at radius 3 is 2.24 bits per heavy atom. The second-order valence-corrected chi connectivity index (χ2v) is 5.34. The Bertz CT molecular complexity index is 665. The van der Waals surface area contributed by atoms with Crippen LogP contribution in [0.25, 0.3) is 0 Å². The highest BCUT2D eigenvalue weighted by Crippen LogP contribution is 2.27. The van der Waals surface area contributed by atoms with Gasteiger partial charge >= 0.3 is 5.97 Å². The second kappa shape index (κ2) is 10.9. The number of carbonyl (C=O) groups excluding carboxylic acids is 1. The number of rotatable bonds is 6. The Labute approximate surface area is 150 Å². The highest BCUT2D eigenvalue weighted by Gasteiger charge is 2.06. The Morgan fingerprint density at radius 1 is 1.08 bits per heavy atom. The predicted molar refractivity (Wildman–Crippen MR) is 100 cm³/mol. The number of esters is 1. The average molecular weight is 342 g/mol. The van der Waals surface area contributed by atoms with E-state index in [0.29, 0.717) is 0 Å². The number of allylic oxidation sites excluding steroid dienone is 1. The molecule has 2 aromatic rings. The molecule has 0 aromatic heterocycles. The molecule has 0 aliphatic rings. The first-order valence-corrected chi connectivity index (χ1v) is 8.05. The molecule has 134 valence electrons. The van der Waals surface area contributed by atoms with Gasteiger partial charge in [0.15, 0.2) is 11.5 Å². The van der Waals surface area contributed by atoms with Crippen LogP contribution in [0.2, 0.25) is 0 Å². The fraction of sp³-hybridized carbons (Fsp3) is 0.286. The zero-order chi connectivity index (χ0) is 18.7. The molecule has 1 unspecified atom stereocenters. The van der Waals surface area contributed by atoms with Crippen LogP contribution in [0.4, 0.5) is 0 Å². The van der Waals surface area contributed by atoms with E-state index >= 15 is 0 Å². The van der Waals surface area contributed by atoms with Crippen LogP contribution in [0.3, 0.4) is 0 Å². The monoisotopic (exact) mass is 342 g/mol. The summed E-state index contributed by atoms with van der Waals surface area (Å²) in [5, 5.41) is 0. The first kappa shape index (κ1) is 20.3. The highest BCUT2D eigenvalue weighted by molar-refractivity contribution is 5.66. The summed E-state index contributed by atoms with van der Waals surface area (Å²) >= 11 is 0. The van der Waals surface area contributed by atoms with E-state index in [1.54, 1.807) is 14.2 Å². The van der Waals surface area contributed by atoms with Gasteiger partial charge in [-0.1, -0.05) is 42.5 Å². The van der Waals surface area contributed by atoms with Crippen LogP contribution >= 0.6 is 0 Å². The molecule has 1 atom stereocenters. The van der Waals surface area contributed by atoms with E-state index < -0.39 is 0 Å². The summed E-state index contributed by atoms with van der Waals surface area (Å²) in [5.41, 5.74) is 2.19. The molecule has 4 heteroatoms. The van der Waals surface area contributed by atoms with Crippen LogP contribution in [-0.2, 0) is 16.0 Å². The molecule has 2 aromatic carbocycles. The first-order chi connectivity index (χ1) is 12.0. The van der Waals surface area contributed by atoms with Crippen molar-refractivity contribution in [2.75, 3.05) is 14.2 Å². The topological polar surface area (TPSA) is 44.8 Å². The van der Waals surface area contributed by atoms with Crippen molar-refractivity contribution >= 4 is 5.97 Å². The Morgan fingerprint density at radius 2 is 1.72 bits per heavy atom. The molecule has 0 aliphatic heterocycles. The third-order valence-electron chi connectivity index (χ3n) is 3.44. The number of methoxy groups -OCH3 is 2. The molecule has 0 spiro atoms. The summed E-state index contributed by atoms with van der Waals surface area (Å²) in [6.45, 7) is 6.96. The van der Waals surface area contributed by atoms with Crippen molar-refractivity contribution in [3.63, 3.8) is 0 Å². The normalized spacial score (nSPS) is 10.7. The summed E-state index contributed by atoms with van der Waals surface area (Å²) < 4.78 is 15.3. The summed E-state index contributed by atoms with van der Waals surface area (Å²) in [5.74, 6) is 1.28. The van der Waals surface area contributed by atoms with Crippen LogP contribution in [0.5, 0.6) is 11.5 Å². The fourth-order valence-electron chi connectivity index (χ4n) is 2.22. The molecule has 0 saturated heterocycles. The van der Waals surface area contributed by atoms with Gasteiger partial charge < -0.3 is 14.2 Å².